The topological polar surface area (TPSA) is 50.9 Å². The first-order chi connectivity index (χ1) is 8.46. The quantitative estimate of drug-likeness (QED) is 0.898. The number of aliphatic hydroxyl groups is 1. The third-order valence-electron chi connectivity index (χ3n) is 2.95. The number of nitrogens with zero attached hydrogens (tertiary/aromatic N) is 3. The van der Waals surface area contributed by atoms with Crippen LogP contribution >= 0.6 is 0 Å². The van der Waals surface area contributed by atoms with E-state index in [0.29, 0.717) is 0 Å². The van der Waals surface area contributed by atoms with Crippen molar-refractivity contribution in [1.82, 2.24) is 14.8 Å². The van der Waals surface area contributed by atoms with E-state index < -0.39 is 5.60 Å². The van der Waals surface area contributed by atoms with E-state index >= 15 is 0 Å². The highest BCUT2D eigenvalue weighted by Crippen LogP contribution is 2.18. The van der Waals surface area contributed by atoms with Gasteiger partial charge in [-0.25, -0.2) is 9.67 Å². The summed E-state index contributed by atoms with van der Waals surface area (Å²) < 4.78 is 1.76. The molecule has 0 atom stereocenters. The molecule has 0 saturated carbocycles. The number of rotatable bonds is 4. The Morgan fingerprint density at radius 2 is 1.89 bits per heavy atom. The molecule has 1 heterocycles. The van der Waals surface area contributed by atoms with Crippen LogP contribution < -0.4 is 0 Å². The maximum atomic E-state index is 9.70. The van der Waals surface area contributed by atoms with Crippen molar-refractivity contribution in [3.05, 3.63) is 36.2 Å². The van der Waals surface area contributed by atoms with Gasteiger partial charge in [0.05, 0.1) is 5.60 Å². The summed E-state index contributed by atoms with van der Waals surface area (Å²) in [7, 11) is 1.88. The first kappa shape index (κ1) is 12.8. The molecule has 1 N–H and O–H groups in total. The van der Waals surface area contributed by atoms with Gasteiger partial charge in [-0.15, -0.1) is 0 Å². The smallest absolute Gasteiger partial charge is 0.157 e. The highest BCUT2D eigenvalue weighted by Gasteiger charge is 2.12. The van der Waals surface area contributed by atoms with Crippen LogP contribution in [0.1, 0.15) is 25.8 Å². The molecule has 0 saturated heterocycles. The van der Waals surface area contributed by atoms with Gasteiger partial charge >= 0.3 is 0 Å². The van der Waals surface area contributed by atoms with Gasteiger partial charge in [-0.3, -0.25) is 0 Å². The second-order valence-electron chi connectivity index (χ2n) is 5.22. The van der Waals surface area contributed by atoms with E-state index in [2.05, 4.69) is 22.2 Å². The molecule has 0 aliphatic rings. The van der Waals surface area contributed by atoms with Gasteiger partial charge < -0.3 is 5.11 Å². The van der Waals surface area contributed by atoms with Crippen LogP contribution in [0.2, 0.25) is 0 Å². The van der Waals surface area contributed by atoms with Crippen molar-refractivity contribution < 1.29 is 5.11 Å². The molecule has 0 aliphatic heterocycles. The van der Waals surface area contributed by atoms with Gasteiger partial charge in [0.15, 0.2) is 5.82 Å². The molecule has 2 rings (SSSR count). The second-order valence-corrected chi connectivity index (χ2v) is 5.22. The van der Waals surface area contributed by atoms with Crippen molar-refractivity contribution in [1.29, 1.82) is 0 Å². The molecule has 0 spiro atoms. The Kier molecular flexibility index (Phi) is 3.48. The van der Waals surface area contributed by atoms with Crippen molar-refractivity contribution in [3.8, 4) is 11.4 Å². The number of hydrogen-bond donors (Lipinski definition) is 1. The molecular weight excluding hydrogens is 226 g/mol. The van der Waals surface area contributed by atoms with Gasteiger partial charge in [-0.05, 0) is 32.3 Å². The molecule has 2 aromatic rings. The zero-order valence-corrected chi connectivity index (χ0v) is 11.1. The Morgan fingerprint density at radius 3 is 2.39 bits per heavy atom. The molecule has 0 fully saturated rings. The van der Waals surface area contributed by atoms with Crippen molar-refractivity contribution in [2.24, 2.45) is 7.05 Å². The lowest BCUT2D eigenvalue weighted by Gasteiger charge is -2.16. The average Bonchev–Trinajstić information content (AvgIpc) is 2.73. The minimum absolute atomic E-state index is 0.609. The van der Waals surface area contributed by atoms with Crippen LogP contribution in [0.5, 0.6) is 0 Å². The fraction of sp³-hybridized carbons (Fsp3) is 0.429. The zero-order valence-electron chi connectivity index (χ0n) is 11.1. The van der Waals surface area contributed by atoms with Gasteiger partial charge in [0, 0.05) is 12.6 Å². The molecule has 96 valence electrons. The van der Waals surface area contributed by atoms with Crippen LogP contribution in [0.15, 0.2) is 30.6 Å². The monoisotopic (exact) mass is 245 g/mol. The van der Waals surface area contributed by atoms with E-state index in [9.17, 15) is 5.11 Å². The number of benzene rings is 1. The van der Waals surface area contributed by atoms with Crippen LogP contribution in [-0.4, -0.2) is 25.5 Å². The number of hydrogen-bond acceptors (Lipinski definition) is 3. The Morgan fingerprint density at radius 1 is 1.22 bits per heavy atom. The first-order valence-electron chi connectivity index (χ1n) is 6.11. The molecule has 18 heavy (non-hydrogen) atoms. The van der Waals surface area contributed by atoms with E-state index in [0.717, 1.165) is 24.2 Å². The van der Waals surface area contributed by atoms with Crippen LogP contribution in [0, 0.1) is 0 Å². The molecule has 1 aromatic carbocycles. The molecule has 0 radical (unpaired) electrons. The van der Waals surface area contributed by atoms with E-state index in [1.165, 1.54) is 5.56 Å². The minimum atomic E-state index is -0.609. The molecule has 0 unspecified atom stereocenters. The molecule has 0 amide bonds. The summed E-state index contributed by atoms with van der Waals surface area (Å²) in [5.74, 6) is 0.865. The Labute approximate surface area is 107 Å². The molecule has 4 nitrogen and oxygen atoms in total. The summed E-state index contributed by atoms with van der Waals surface area (Å²) in [6.07, 6.45) is 3.19. The normalized spacial score (nSPS) is 11.8. The zero-order chi connectivity index (χ0) is 13.2. The van der Waals surface area contributed by atoms with Crippen LogP contribution in [-0.2, 0) is 13.5 Å². The average molecular weight is 245 g/mol. The standard InChI is InChI=1S/C14H19N3O/c1-14(2,18)9-8-11-4-6-12(7-5-11)13-15-10-16-17(13)3/h4-7,10,18H,8-9H2,1-3H3. The molecular formula is C14H19N3O. The van der Waals surface area contributed by atoms with Crippen molar-refractivity contribution in [2.45, 2.75) is 32.3 Å². The summed E-state index contributed by atoms with van der Waals surface area (Å²) in [5.41, 5.74) is 1.67. The lowest BCUT2D eigenvalue weighted by molar-refractivity contribution is 0.0714. The van der Waals surface area contributed by atoms with Crippen LogP contribution in [0.4, 0.5) is 0 Å². The van der Waals surface area contributed by atoms with Crippen molar-refractivity contribution in [2.75, 3.05) is 0 Å². The summed E-state index contributed by atoms with van der Waals surface area (Å²) in [6.45, 7) is 3.67. The molecule has 0 bridgehead atoms. The van der Waals surface area contributed by atoms with E-state index in [1.54, 1.807) is 11.0 Å². The molecule has 4 heteroatoms. The summed E-state index contributed by atoms with van der Waals surface area (Å²) in [4.78, 5) is 4.21. The predicted octanol–water partition coefficient (Wildman–Crippen LogP) is 2.19. The van der Waals surface area contributed by atoms with Gasteiger partial charge in [0.25, 0.3) is 0 Å². The van der Waals surface area contributed by atoms with Gasteiger partial charge in [0.2, 0.25) is 0 Å². The Bertz CT molecular complexity index is 509. The largest absolute Gasteiger partial charge is 0.390 e. The van der Waals surface area contributed by atoms with Crippen molar-refractivity contribution in [3.63, 3.8) is 0 Å². The fourth-order valence-electron chi connectivity index (χ4n) is 1.83. The Hall–Kier alpha value is -1.68. The first-order valence-corrected chi connectivity index (χ1v) is 6.11. The highest BCUT2D eigenvalue weighted by molar-refractivity contribution is 5.55. The van der Waals surface area contributed by atoms with E-state index in [1.807, 2.05) is 33.0 Å². The summed E-state index contributed by atoms with van der Waals surface area (Å²) in [5, 5.41) is 13.8. The number of aromatic nitrogens is 3. The molecule has 1 aromatic heterocycles. The maximum absolute atomic E-state index is 9.70. The maximum Gasteiger partial charge on any atom is 0.157 e. The van der Waals surface area contributed by atoms with Gasteiger partial charge in [-0.2, -0.15) is 5.10 Å². The van der Waals surface area contributed by atoms with E-state index in [4.69, 9.17) is 0 Å². The van der Waals surface area contributed by atoms with Crippen LogP contribution in [0.25, 0.3) is 11.4 Å². The predicted molar refractivity (Wildman–Crippen MR) is 71.1 cm³/mol. The number of aryl methyl sites for hydroxylation is 2. The summed E-state index contributed by atoms with van der Waals surface area (Å²) >= 11 is 0. The van der Waals surface area contributed by atoms with Gasteiger partial charge in [0.1, 0.15) is 6.33 Å². The molecule has 0 aliphatic carbocycles. The highest BCUT2D eigenvalue weighted by atomic mass is 16.3. The SMILES string of the molecule is Cn1ncnc1-c1ccc(CCC(C)(C)O)cc1. The van der Waals surface area contributed by atoms with Crippen molar-refractivity contribution >= 4 is 0 Å². The fourth-order valence-corrected chi connectivity index (χ4v) is 1.83. The lowest BCUT2D eigenvalue weighted by Crippen LogP contribution is -2.19. The Balaban J connectivity index is 2.09. The van der Waals surface area contributed by atoms with E-state index in [-0.39, 0.29) is 0 Å². The minimum Gasteiger partial charge on any atom is -0.390 e. The summed E-state index contributed by atoms with van der Waals surface area (Å²) in [6, 6.07) is 8.25. The lowest BCUT2D eigenvalue weighted by atomic mass is 9.98. The third-order valence-corrected chi connectivity index (χ3v) is 2.95. The van der Waals surface area contributed by atoms with Gasteiger partial charge in [-0.1, -0.05) is 24.3 Å². The second kappa shape index (κ2) is 4.90. The van der Waals surface area contributed by atoms with Crippen LogP contribution in [0.3, 0.4) is 0 Å². The third kappa shape index (κ3) is 3.17.